The number of carbonyl (C=O) groups excluding carboxylic acids is 1. The van der Waals surface area contributed by atoms with Gasteiger partial charge in [0.05, 0.1) is 5.92 Å². The summed E-state index contributed by atoms with van der Waals surface area (Å²) in [5.41, 5.74) is 1.49. The van der Waals surface area contributed by atoms with E-state index in [1.807, 2.05) is 13.0 Å². The van der Waals surface area contributed by atoms with Gasteiger partial charge in [0.25, 0.3) is 5.91 Å². The van der Waals surface area contributed by atoms with Crippen LogP contribution < -0.4 is 5.32 Å². The Labute approximate surface area is 115 Å². The number of carboxylic acid groups (broad SMARTS) is 1. The van der Waals surface area contributed by atoms with Gasteiger partial charge in [-0.05, 0) is 44.5 Å². The maximum Gasteiger partial charge on any atom is 0.308 e. The molecular weight excluding hydrogens is 298 g/mol. The molecule has 1 aromatic carbocycles. The van der Waals surface area contributed by atoms with Crippen LogP contribution in [0.15, 0.2) is 22.7 Å². The minimum atomic E-state index is -0.923. The molecule has 2 N–H and O–H groups in total. The number of nitrogens with one attached hydrogen (secondary N) is 1. The largest absolute Gasteiger partial charge is 0.481 e. The van der Waals surface area contributed by atoms with Crippen LogP contribution >= 0.6 is 15.9 Å². The average molecular weight is 314 g/mol. The molecule has 0 aliphatic heterocycles. The van der Waals surface area contributed by atoms with Crippen LogP contribution in [-0.2, 0) is 4.79 Å². The van der Waals surface area contributed by atoms with E-state index in [2.05, 4.69) is 21.2 Å². The molecule has 1 aromatic rings. The molecular formula is C13H16BrNO3. The molecule has 0 aromatic heterocycles. The van der Waals surface area contributed by atoms with Crippen LogP contribution in [0.4, 0.5) is 0 Å². The second kappa shape index (κ2) is 6.00. The Morgan fingerprint density at radius 1 is 1.28 bits per heavy atom. The fourth-order valence-electron chi connectivity index (χ4n) is 1.50. The molecule has 0 saturated carbocycles. The molecule has 4 nitrogen and oxygen atoms in total. The number of carbonyl (C=O) groups is 2. The molecule has 1 amide bonds. The van der Waals surface area contributed by atoms with E-state index in [1.165, 1.54) is 0 Å². The Bertz CT molecular complexity index is 453. The molecule has 0 aliphatic rings. The van der Waals surface area contributed by atoms with E-state index < -0.39 is 17.9 Å². The van der Waals surface area contributed by atoms with E-state index >= 15 is 0 Å². The van der Waals surface area contributed by atoms with E-state index in [1.54, 1.807) is 26.0 Å². The first-order chi connectivity index (χ1) is 8.31. The summed E-state index contributed by atoms with van der Waals surface area (Å²) in [6.45, 7) is 5.14. The lowest BCUT2D eigenvalue weighted by atomic mass is 10.0. The second-order valence-electron chi connectivity index (χ2n) is 4.41. The van der Waals surface area contributed by atoms with Gasteiger partial charge in [-0.25, -0.2) is 0 Å². The summed E-state index contributed by atoms with van der Waals surface area (Å²) in [7, 11) is 0. The number of aliphatic carboxylic acids is 1. The van der Waals surface area contributed by atoms with Crippen molar-refractivity contribution >= 4 is 27.8 Å². The number of carboxylic acids is 1. The van der Waals surface area contributed by atoms with Crippen molar-refractivity contribution in [3.8, 4) is 0 Å². The molecule has 0 saturated heterocycles. The molecule has 2 unspecified atom stereocenters. The van der Waals surface area contributed by atoms with Crippen LogP contribution in [0.5, 0.6) is 0 Å². The van der Waals surface area contributed by atoms with Gasteiger partial charge in [0.1, 0.15) is 0 Å². The molecule has 2 atom stereocenters. The van der Waals surface area contributed by atoms with Gasteiger partial charge < -0.3 is 10.4 Å². The van der Waals surface area contributed by atoms with Crippen LogP contribution in [0.2, 0.25) is 0 Å². The Morgan fingerprint density at radius 2 is 1.89 bits per heavy atom. The summed E-state index contributed by atoms with van der Waals surface area (Å²) >= 11 is 3.33. The van der Waals surface area contributed by atoms with Crippen molar-refractivity contribution in [3.63, 3.8) is 0 Å². The van der Waals surface area contributed by atoms with Crippen molar-refractivity contribution in [3.05, 3.63) is 33.8 Å². The fraction of sp³-hybridized carbons (Fsp3) is 0.385. The van der Waals surface area contributed by atoms with E-state index in [-0.39, 0.29) is 5.91 Å². The summed E-state index contributed by atoms with van der Waals surface area (Å²) in [6.07, 6.45) is 0. The molecule has 98 valence electrons. The third-order valence-electron chi connectivity index (χ3n) is 2.80. The fourth-order valence-corrected chi connectivity index (χ4v) is 2.10. The predicted molar refractivity (Wildman–Crippen MR) is 72.6 cm³/mol. The highest BCUT2D eigenvalue weighted by Gasteiger charge is 2.21. The van der Waals surface area contributed by atoms with Crippen molar-refractivity contribution in [2.45, 2.75) is 26.8 Å². The maximum absolute atomic E-state index is 12.0. The van der Waals surface area contributed by atoms with E-state index in [9.17, 15) is 9.59 Å². The number of hydrogen-bond acceptors (Lipinski definition) is 2. The number of amides is 1. The van der Waals surface area contributed by atoms with Gasteiger partial charge in [0, 0.05) is 16.1 Å². The zero-order valence-corrected chi connectivity index (χ0v) is 12.1. The van der Waals surface area contributed by atoms with Crippen molar-refractivity contribution < 1.29 is 14.7 Å². The summed E-state index contributed by atoms with van der Waals surface area (Å²) in [5, 5.41) is 11.6. The summed E-state index contributed by atoms with van der Waals surface area (Å²) in [4.78, 5) is 22.8. The lowest BCUT2D eigenvalue weighted by Gasteiger charge is -2.18. The Kier molecular flexibility index (Phi) is 4.90. The number of aryl methyl sites for hydroxylation is 1. The molecule has 5 heteroatoms. The van der Waals surface area contributed by atoms with E-state index in [4.69, 9.17) is 5.11 Å². The van der Waals surface area contributed by atoms with Gasteiger partial charge in [-0.1, -0.05) is 15.9 Å². The quantitative estimate of drug-likeness (QED) is 0.898. The monoisotopic (exact) mass is 313 g/mol. The highest BCUT2D eigenvalue weighted by atomic mass is 79.9. The number of rotatable bonds is 4. The average Bonchev–Trinajstić information content (AvgIpc) is 2.26. The van der Waals surface area contributed by atoms with Gasteiger partial charge in [-0.2, -0.15) is 0 Å². The van der Waals surface area contributed by atoms with Crippen LogP contribution in [0.25, 0.3) is 0 Å². The van der Waals surface area contributed by atoms with Gasteiger partial charge in [-0.15, -0.1) is 0 Å². The maximum atomic E-state index is 12.0. The lowest BCUT2D eigenvalue weighted by molar-refractivity contribution is -0.141. The SMILES string of the molecule is Cc1cc(Br)cc(C(=O)NC(C)C(C)C(=O)O)c1. The molecule has 0 aliphatic carbocycles. The molecule has 0 bridgehead atoms. The number of hydrogen-bond donors (Lipinski definition) is 2. The van der Waals surface area contributed by atoms with E-state index in [0.717, 1.165) is 10.0 Å². The van der Waals surface area contributed by atoms with Crippen molar-refractivity contribution in [2.75, 3.05) is 0 Å². The van der Waals surface area contributed by atoms with Crippen molar-refractivity contribution in [1.82, 2.24) is 5.32 Å². The minimum Gasteiger partial charge on any atom is -0.481 e. The number of halogens is 1. The zero-order chi connectivity index (χ0) is 13.9. The van der Waals surface area contributed by atoms with Crippen LogP contribution in [0, 0.1) is 12.8 Å². The van der Waals surface area contributed by atoms with Gasteiger partial charge in [-0.3, -0.25) is 9.59 Å². The third kappa shape index (κ3) is 3.84. The van der Waals surface area contributed by atoms with Crippen molar-refractivity contribution in [2.24, 2.45) is 5.92 Å². The van der Waals surface area contributed by atoms with Crippen molar-refractivity contribution in [1.29, 1.82) is 0 Å². The molecule has 0 heterocycles. The van der Waals surface area contributed by atoms with Crippen LogP contribution in [-0.4, -0.2) is 23.0 Å². The first-order valence-corrected chi connectivity index (χ1v) is 6.41. The molecule has 0 fully saturated rings. The van der Waals surface area contributed by atoms with Gasteiger partial charge in [0.2, 0.25) is 0 Å². The normalized spacial score (nSPS) is 13.8. The molecule has 0 spiro atoms. The van der Waals surface area contributed by atoms with Crippen LogP contribution in [0.3, 0.4) is 0 Å². The number of benzene rings is 1. The van der Waals surface area contributed by atoms with Crippen LogP contribution in [0.1, 0.15) is 29.8 Å². The predicted octanol–water partition coefficient (Wildman–Crippen LogP) is 2.60. The highest BCUT2D eigenvalue weighted by molar-refractivity contribution is 9.10. The second-order valence-corrected chi connectivity index (χ2v) is 5.32. The Hall–Kier alpha value is -1.36. The van der Waals surface area contributed by atoms with Gasteiger partial charge in [0.15, 0.2) is 0 Å². The molecule has 1 rings (SSSR count). The standard InChI is InChI=1S/C13H16BrNO3/c1-7-4-10(6-11(14)5-7)12(16)15-9(3)8(2)13(17)18/h4-6,8-9H,1-3H3,(H,15,16)(H,17,18). The summed E-state index contributed by atoms with van der Waals surface area (Å²) in [5.74, 6) is -1.81. The summed E-state index contributed by atoms with van der Waals surface area (Å²) < 4.78 is 0.826. The first-order valence-electron chi connectivity index (χ1n) is 5.62. The smallest absolute Gasteiger partial charge is 0.308 e. The van der Waals surface area contributed by atoms with E-state index in [0.29, 0.717) is 5.56 Å². The Balaban J connectivity index is 2.79. The summed E-state index contributed by atoms with van der Waals surface area (Å²) in [6, 6.07) is 4.95. The third-order valence-corrected chi connectivity index (χ3v) is 3.26. The zero-order valence-electron chi connectivity index (χ0n) is 10.5. The lowest BCUT2D eigenvalue weighted by Crippen LogP contribution is -2.40. The topological polar surface area (TPSA) is 66.4 Å². The van der Waals surface area contributed by atoms with Gasteiger partial charge >= 0.3 is 5.97 Å². The highest BCUT2D eigenvalue weighted by Crippen LogP contribution is 2.15. The first kappa shape index (κ1) is 14.7. The minimum absolute atomic E-state index is 0.264. The molecule has 18 heavy (non-hydrogen) atoms. The molecule has 0 radical (unpaired) electrons. The Morgan fingerprint density at radius 3 is 2.39 bits per heavy atom.